The van der Waals surface area contributed by atoms with Crippen LogP contribution in [0.3, 0.4) is 0 Å². The summed E-state index contributed by atoms with van der Waals surface area (Å²) in [6.07, 6.45) is 4.15. The highest BCUT2D eigenvalue weighted by Crippen LogP contribution is 2.22. The Morgan fingerprint density at radius 3 is 2.82 bits per heavy atom. The van der Waals surface area contributed by atoms with Gasteiger partial charge in [0.2, 0.25) is 0 Å². The van der Waals surface area contributed by atoms with Gasteiger partial charge in [-0.3, -0.25) is 0 Å². The molecule has 17 heavy (non-hydrogen) atoms. The molecule has 0 radical (unpaired) electrons. The van der Waals surface area contributed by atoms with Crippen LogP contribution in [-0.4, -0.2) is 35.6 Å². The molecule has 4 nitrogen and oxygen atoms in total. The Labute approximate surface area is 103 Å². The summed E-state index contributed by atoms with van der Waals surface area (Å²) in [6.45, 7) is 7.72. The van der Waals surface area contributed by atoms with E-state index in [1.54, 1.807) is 0 Å². The first-order chi connectivity index (χ1) is 8.20. The van der Waals surface area contributed by atoms with Crippen LogP contribution in [0.4, 0.5) is 11.5 Å². The van der Waals surface area contributed by atoms with Gasteiger partial charge in [0, 0.05) is 25.3 Å². The number of nitrogens with one attached hydrogen (secondary N) is 1. The summed E-state index contributed by atoms with van der Waals surface area (Å²) in [4.78, 5) is 6.80. The van der Waals surface area contributed by atoms with Gasteiger partial charge in [-0.15, -0.1) is 0 Å². The van der Waals surface area contributed by atoms with Crippen molar-refractivity contribution >= 4 is 11.5 Å². The van der Waals surface area contributed by atoms with E-state index in [1.165, 1.54) is 25.9 Å². The second-order valence-electron chi connectivity index (χ2n) is 4.74. The number of pyridine rings is 1. The van der Waals surface area contributed by atoms with Crippen LogP contribution in [0.25, 0.3) is 0 Å². The van der Waals surface area contributed by atoms with Crippen molar-refractivity contribution in [3.63, 3.8) is 0 Å². The van der Waals surface area contributed by atoms with Gasteiger partial charge in [0.05, 0.1) is 5.69 Å². The fourth-order valence-electron chi connectivity index (χ4n) is 2.27. The summed E-state index contributed by atoms with van der Waals surface area (Å²) in [5, 5.41) is 3.47. The number of nitrogens with two attached hydrogens (primary N) is 1. The van der Waals surface area contributed by atoms with Gasteiger partial charge in [0.25, 0.3) is 0 Å². The maximum atomic E-state index is 6.02. The summed E-state index contributed by atoms with van der Waals surface area (Å²) < 4.78 is 0. The lowest BCUT2D eigenvalue weighted by atomic mass is 10.0. The van der Waals surface area contributed by atoms with Crippen molar-refractivity contribution in [2.75, 3.05) is 30.7 Å². The molecule has 1 aromatic heterocycles. The minimum Gasteiger partial charge on any atom is -0.396 e. The zero-order valence-electron chi connectivity index (χ0n) is 10.7. The lowest BCUT2D eigenvalue weighted by molar-refractivity contribution is 0.229. The van der Waals surface area contributed by atoms with E-state index in [0.717, 1.165) is 23.6 Å². The molecule has 1 saturated heterocycles. The van der Waals surface area contributed by atoms with Crippen LogP contribution in [0.2, 0.25) is 0 Å². The molecule has 2 rings (SSSR count). The van der Waals surface area contributed by atoms with E-state index in [2.05, 4.69) is 22.1 Å². The Morgan fingerprint density at radius 1 is 1.47 bits per heavy atom. The zero-order chi connectivity index (χ0) is 12.3. The largest absolute Gasteiger partial charge is 0.396 e. The second kappa shape index (κ2) is 5.36. The summed E-state index contributed by atoms with van der Waals surface area (Å²) >= 11 is 0. The first kappa shape index (κ1) is 12.2. The molecule has 1 fully saturated rings. The number of aryl methyl sites for hydroxylation is 1. The fourth-order valence-corrected chi connectivity index (χ4v) is 2.27. The maximum absolute atomic E-state index is 6.02. The SMILES string of the molecule is CCN1CCC(Nc2nccc(C)c2N)CC1. The minimum atomic E-state index is 0.509. The van der Waals surface area contributed by atoms with Crippen molar-refractivity contribution in [1.82, 2.24) is 9.88 Å². The van der Waals surface area contributed by atoms with Crippen LogP contribution < -0.4 is 11.1 Å². The number of rotatable bonds is 3. The highest BCUT2D eigenvalue weighted by Gasteiger charge is 2.18. The van der Waals surface area contributed by atoms with Crippen LogP contribution in [0, 0.1) is 6.92 Å². The third-order valence-corrected chi connectivity index (χ3v) is 3.58. The summed E-state index contributed by atoms with van der Waals surface area (Å²) in [5.41, 5.74) is 7.89. The predicted octanol–water partition coefficient (Wildman–Crippen LogP) is 1.87. The molecule has 0 bridgehead atoms. The standard InChI is InChI=1S/C13H22N4/c1-3-17-8-5-11(6-9-17)16-13-12(14)10(2)4-7-15-13/h4,7,11H,3,5-6,8-9,14H2,1-2H3,(H,15,16). The number of nitrogens with zero attached hydrogens (tertiary/aromatic N) is 2. The molecule has 1 aliphatic rings. The molecule has 0 atom stereocenters. The van der Waals surface area contributed by atoms with Crippen LogP contribution in [0.15, 0.2) is 12.3 Å². The van der Waals surface area contributed by atoms with Crippen LogP contribution in [0.1, 0.15) is 25.3 Å². The number of aromatic nitrogens is 1. The van der Waals surface area contributed by atoms with Gasteiger partial charge in [0.1, 0.15) is 5.82 Å². The number of likely N-dealkylation sites (tertiary alicyclic amines) is 1. The number of hydrogen-bond acceptors (Lipinski definition) is 4. The van der Waals surface area contributed by atoms with Crippen molar-refractivity contribution in [2.45, 2.75) is 32.7 Å². The molecular formula is C13H22N4. The fraction of sp³-hybridized carbons (Fsp3) is 0.615. The average Bonchev–Trinajstić information content (AvgIpc) is 2.36. The van der Waals surface area contributed by atoms with E-state index >= 15 is 0 Å². The van der Waals surface area contributed by atoms with Gasteiger partial charge in [-0.2, -0.15) is 0 Å². The zero-order valence-corrected chi connectivity index (χ0v) is 10.7. The summed E-state index contributed by atoms with van der Waals surface area (Å²) in [6, 6.07) is 2.45. The van der Waals surface area contributed by atoms with Gasteiger partial charge in [-0.05, 0) is 37.9 Å². The molecule has 0 spiro atoms. The van der Waals surface area contributed by atoms with E-state index in [-0.39, 0.29) is 0 Å². The lowest BCUT2D eigenvalue weighted by Gasteiger charge is -2.32. The molecule has 4 heteroatoms. The highest BCUT2D eigenvalue weighted by atomic mass is 15.1. The highest BCUT2D eigenvalue weighted by molar-refractivity contribution is 5.65. The van der Waals surface area contributed by atoms with Gasteiger partial charge in [-0.25, -0.2) is 4.98 Å². The Bertz CT molecular complexity index is 370. The van der Waals surface area contributed by atoms with Crippen molar-refractivity contribution in [1.29, 1.82) is 0 Å². The molecule has 1 aromatic rings. The monoisotopic (exact) mass is 234 g/mol. The molecule has 2 heterocycles. The third kappa shape index (κ3) is 2.88. The molecule has 0 amide bonds. The summed E-state index contributed by atoms with van der Waals surface area (Å²) in [5.74, 6) is 0.847. The smallest absolute Gasteiger partial charge is 0.149 e. The molecular weight excluding hydrogens is 212 g/mol. The summed E-state index contributed by atoms with van der Waals surface area (Å²) in [7, 11) is 0. The second-order valence-corrected chi connectivity index (χ2v) is 4.74. The van der Waals surface area contributed by atoms with E-state index < -0.39 is 0 Å². The predicted molar refractivity (Wildman–Crippen MR) is 72.1 cm³/mol. The van der Waals surface area contributed by atoms with E-state index in [1.807, 2.05) is 19.2 Å². The lowest BCUT2D eigenvalue weighted by Crippen LogP contribution is -2.39. The molecule has 0 aliphatic carbocycles. The average molecular weight is 234 g/mol. The number of piperidine rings is 1. The number of nitrogen functional groups attached to an aromatic ring is 1. The normalized spacial score (nSPS) is 18.2. The minimum absolute atomic E-state index is 0.509. The van der Waals surface area contributed by atoms with Crippen molar-refractivity contribution in [3.8, 4) is 0 Å². The van der Waals surface area contributed by atoms with Crippen LogP contribution in [0.5, 0.6) is 0 Å². The van der Waals surface area contributed by atoms with Gasteiger partial charge >= 0.3 is 0 Å². The molecule has 3 N–H and O–H groups in total. The Morgan fingerprint density at radius 2 is 2.18 bits per heavy atom. The molecule has 0 aromatic carbocycles. The number of anilines is 2. The van der Waals surface area contributed by atoms with Crippen LogP contribution >= 0.6 is 0 Å². The van der Waals surface area contributed by atoms with Gasteiger partial charge < -0.3 is 16.0 Å². The number of hydrogen-bond donors (Lipinski definition) is 2. The van der Waals surface area contributed by atoms with E-state index in [9.17, 15) is 0 Å². The van der Waals surface area contributed by atoms with Crippen molar-refractivity contribution < 1.29 is 0 Å². The molecule has 94 valence electrons. The Balaban J connectivity index is 1.95. The van der Waals surface area contributed by atoms with Gasteiger partial charge in [0.15, 0.2) is 0 Å². The van der Waals surface area contributed by atoms with Crippen LogP contribution in [-0.2, 0) is 0 Å². The van der Waals surface area contributed by atoms with Gasteiger partial charge in [-0.1, -0.05) is 6.92 Å². The molecule has 0 saturated carbocycles. The quantitative estimate of drug-likeness (QED) is 0.838. The molecule has 0 unspecified atom stereocenters. The first-order valence-corrected chi connectivity index (χ1v) is 6.40. The Hall–Kier alpha value is -1.29. The topological polar surface area (TPSA) is 54.2 Å². The molecule has 1 aliphatic heterocycles. The third-order valence-electron chi connectivity index (χ3n) is 3.58. The van der Waals surface area contributed by atoms with E-state index in [0.29, 0.717) is 6.04 Å². The first-order valence-electron chi connectivity index (χ1n) is 6.40. The van der Waals surface area contributed by atoms with Crippen molar-refractivity contribution in [3.05, 3.63) is 17.8 Å². The maximum Gasteiger partial charge on any atom is 0.149 e. The van der Waals surface area contributed by atoms with Crippen molar-refractivity contribution in [2.24, 2.45) is 0 Å². The van der Waals surface area contributed by atoms with E-state index in [4.69, 9.17) is 5.73 Å². The Kier molecular flexibility index (Phi) is 3.84.